The number of halogens is 4. The molecule has 36 heavy (non-hydrogen) atoms. The molecule has 3 aromatic rings. The summed E-state index contributed by atoms with van der Waals surface area (Å²) in [6.45, 7) is -0.467. The summed E-state index contributed by atoms with van der Waals surface area (Å²) in [6, 6.07) is 18.1. The molecular weight excluding hydrogens is 533 g/mol. The van der Waals surface area contributed by atoms with Gasteiger partial charge in [-0.15, -0.1) is 0 Å². The van der Waals surface area contributed by atoms with E-state index in [1.54, 1.807) is 30.3 Å². The van der Waals surface area contributed by atoms with Crippen LogP contribution in [-0.4, -0.2) is 22.7 Å². The van der Waals surface area contributed by atoms with Crippen molar-refractivity contribution in [1.29, 1.82) is 0 Å². The summed E-state index contributed by atoms with van der Waals surface area (Å²) < 4.78 is 44.3. The molecule has 184 valence electrons. The van der Waals surface area contributed by atoms with Gasteiger partial charge in [-0.1, -0.05) is 65.9 Å². The maximum atomic E-state index is 12.9. The van der Waals surface area contributed by atoms with E-state index in [1.165, 1.54) is 34.9 Å². The van der Waals surface area contributed by atoms with Crippen molar-refractivity contribution in [2.75, 3.05) is 16.8 Å². The molecule has 4 rings (SSSR count). The number of ether oxygens (including phenoxy) is 1. The summed E-state index contributed by atoms with van der Waals surface area (Å²) >= 11 is 12.8. The second-order valence-corrected chi connectivity index (χ2v) is 9.54. The fourth-order valence-corrected chi connectivity index (χ4v) is 4.80. The van der Waals surface area contributed by atoms with Crippen LogP contribution in [0, 0.1) is 0 Å². The number of carbonyl (C=O) groups is 2. The van der Waals surface area contributed by atoms with Gasteiger partial charge in [0.1, 0.15) is 5.75 Å². The average molecular weight is 549 g/mol. The predicted molar refractivity (Wildman–Crippen MR) is 139 cm³/mol. The van der Waals surface area contributed by atoms with Gasteiger partial charge in [0.05, 0.1) is 21.2 Å². The zero-order valence-electron chi connectivity index (χ0n) is 18.2. The third kappa shape index (κ3) is 6.07. The van der Waals surface area contributed by atoms with Crippen LogP contribution < -0.4 is 15.0 Å². The minimum Gasteiger partial charge on any atom is -0.482 e. The minimum atomic E-state index is -4.52. The van der Waals surface area contributed by atoms with Gasteiger partial charge in [-0.05, 0) is 54.1 Å². The molecule has 11 heteroatoms. The van der Waals surface area contributed by atoms with Crippen LogP contribution in [0.25, 0.3) is 6.08 Å². The summed E-state index contributed by atoms with van der Waals surface area (Å²) in [6.07, 6.45) is -2.87. The number of nitrogens with one attached hydrogen (secondary N) is 1. The maximum Gasteiger partial charge on any atom is 0.416 e. The second-order valence-electron chi connectivity index (χ2n) is 7.46. The highest BCUT2D eigenvalue weighted by molar-refractivity contribution is 8.27. The Balaban J connectivity index is 1.39. The fraction of sp³-hybridized carbons (Fsp3) is 0.0800. The van der Waals surface area contributed by atoms with Gasteiger partial charge in [0.15, 0.2) is 10.9 Å². The first-order chi connectivity index (χ1) is 17.1. The first-order valence-electron chi connectivity index (χ1n) is 10.3. The molecular formula is C25H16ClF3N2O3S2. The molecule has 0 spiro atoms. The molecule has 3 aromatic carbocycles. The molecule has 0 aromatic heterocycles. The Hall–Kier alpha value is -3.34. The number of benzene rings is 3. The van der Waals surface area contributed by atoms with E-state index in [-0.39, 0.29) is 22.4 Å². The Bertz CT molecular complexity index is 1360. The molecule has 1 fully saturated rings. The highest BCUT2D eigenvalue weighted by Crippen LogP contribution is 2.37. The van der Waals surface area contributed by atoms with Gasteiger partial charge in [0, 0.05) is 5.69 Å². The highest BCUT2D eigenvalue weighted by atomic mass is 35.5. The van der Waals surface area contributed by atoms with E-state index in [0.29, 0.717) is 20.5 Å². The van der Waals surface area contributed by atoms with Crippen LogP contribution in [0.15, 0.2) is 77.7 Å². The van der Waals surface area contributed by atoms with Crippen molar-refractivity contribution in [3.8, 4) is 5.75 Å². The third-order valence-electron chi connectivity index (χ3n) is 4.89. The number of thiocarbonyl (C=S) groups is 1. The third-order valence-corrected chi connectivity index (χ3v) is 6.49. The van der Waals surface area contributed by atoms with Gasteiger partial charge in [-0.3, -0.25) is 14.5 Å². The topological polar surface area (TPSA) is 58.6 Å². The SMILES string of the molecule is O=C(COc1ccc(/C=C2\SC(=S)N(c3ccccc3)C2=O)cc1Cl)Nc1cccc(C(F)(F)F)c1. The number of hydrogen-bond acceptors (Lipinski definition) is 5. The lowest BCUT2D eigenvalue weighted by atomic mass is 10.2. The van der Waals surface area contributed by atoms with Crippen molar-refractivity contribution in [1.82, 2.24) is 0 Å². The van der Waals surface area contributed by atoms with Crippen LogP contribution in [0.2, 0.25) is 5.02 Å². The lowest BCUT2D eigenvalue weighted by Crippen LogP contribution is -2.27. The molecule has 0 saturated carbocycles. The van der Waals surface area contributed by atoms with Crippen LogP contribution in [-0.2, 0) is 15.8 Å². The number of amides is 2. The van der Waals surface area contributed by atoms with E-state index in [2.05, 4.69) is 5.32 Å². The monoisotopic (exact) mass is 548 g/mol. The number of thioether (sulfide) groups is 1. The molecule has 0 atom stereocenters. The lowest BCUT2D eigenvalue weighted by Gasteiger charge is -2.13. The number of rotatable bonds is 6. The molecule has 2 amide bonds. The molecule has 0 unspecified atom stereocenters. The summed E-state index contributed by atoms with van der Waals surface area (Å²) in [4.78, 5) is 26.9. The van der Waals surface area contributed by atoms with Gasteiger partial charge in [-0.25, -0.2) is 0 Å². The molecule has 1 aliphatic rings. The van der Waals surface area contributed by atoms with E-state index in [9.17, 15) is 22.8 Å². The standard InChI is InChI=1S/C25H16ClF3N2O3S2/c26-19-11-15(12-21-23(33)31(24(35)36-21)18-7-2-1-3-8-18)9-10-20(19)34-14-22(32)30-17-6-4-5-16(13-17)25(27,28)29/h1-13H,14H2,(H,30,32)/b21-12-. The fourth-order valence-electron chi connectivity index (χ4n) is 3.26. The van der Waals surface area contributed by atoms with Gasteiger partial charge in [0.25, 0.3) is 11.8 Å². The molecule has 0 aliphatic carbocycles. The quantitative estimate of drug-likeness (QED) is 0.272. The highest BCUT2D eigenvalue weighted by Gasteiger charge is 2.33. The molecule has 1 aliphatic heterocycles. The van der Waals surface area contributed by atoms with Crippen LogP contribution in [0.3, 0.4) is 0 Å². The molecule has 0 bridgehead atoms. The van der Waals surface area contributed by atoms with Crippen molar-refractivity contribution >= 4 is 69.2 Å². The molecule has 5 nitrogen and oxygen atoms in total. The van der Waals surface area contributed by atoms with Crippen LogP contribution in [0.1, 0.15) is 11.1 Å². The molecule has 1 saturated heterocycles. The van der Waals surface area contributed by atoms with Crippen molar-refractivity contribution in [2.45, 2.75) is 6.18 Å². The molecule has 0 radical (unpaired) electrons. The predicted octanol–water partition coefficient (Wildman–Crippen LogP) is 6.78. The Morgan fingerprint density at radius 3 is 2.53 bits per heavy atom. The maximum absolute atomic E-state index is 12.9. The van der Waals surface area contributed by atoms with Crippen LogP contribution in [0.5, 0.6) is 5.75 Å². The molecule has 1 heterocycles. The Morgan fingerprint density at radius 2 is 1.83 bits per heavy atom. The van der Waals surface area contributed by atoms with Gasteiger partial charge in [0.2, 0.25) is 0 Å². The summed E-state index contributed by atoms with van der Waals surface area (Å²) in [5.74, 6) is -0.706. The molecule has 1 N–H and O–H groups in total. The minimum absolute atomic E-state index is 0.00677. The number of alkyl halides is 3. The van der Waals surface area contributed by atoms with Crippen molar-refractivity contribution in [2.24, 2.45) is 0 Å². The van der Waals surface area contributed by atoms with E-state index in [0.717, 1.165) is 12.1 Å². The smallest absolute Gasteiger partial charge is 0.416 e. The van der Waals surface area contributed by atoms with Crippen molar-refractivity contribution in [3.63, 3.8) is 0 Å². The van der Waals surface area contributed by atoms with Crippen molar-refractivity contribution < 1.29 is 27.5 Å². The Labute approximate surface area is 218 Å². The van der Waals surface area contributed by atoms with Crippen LogP contribution in [0.4, 0.5) is 24.5 Å². The number of nitrogens with zero attached hydrogens (tertiary/aromatic N) is 1. The summed E-state index contributed by atoms with van der Waals surface area (Å²) in [5, 5.41) is 2.55. The average Bonchev–Trinajstić information content (AvgIpc) is 3.11. The zero-order valence-corrected chi connectivity index (χ0v) is 20.6. The lowest BCUT2D eigenvalue weighted by molar-refractivity contribution is -0.137. The van der Waals surface area contributed by atoms with Crippen molar-refractivity contribution in [3.05, 3.63) is 93.9 Å². The van der Waals surface area contributed by atoms with Crippen LogP contribution >= 0.6 is 35.6 Å². The summed E-state index contributed by atoms with van der Waals surface area (Å²) in [5.41, 5.74) is 0.413. The Morgan fingerprint density at radius 1 is 1.08 bits per heavy atom. The van der Waals surface area contributed by atoms with E-state index in [4.69, 9.17) is 28.6 Å². The number of para-hydroxylation sites is 1. The van der Waals surface area contributed by atoms with E-state index < -0.39 is 24.3 Å². The Kier molecular flexibility index (Phi) is 7.67. The number of hydrogen-bond donors (Lipinski definition) is 1. The number of carbonyl (C=O) groups excluding carboxylic acids is 2. The zero-order chi connectivity index (χ0) is 25.9. The first-order valence-corrected chi connectivity index (χ1v) is 11.9. The van der Waals surface area contributed by atoms with Gasteiger partial charge < -0.3 is 10.1 Å². The normalized spacial score (nSPS) is 14.9. The second kappa shape index (κ2) is 10.7. The largest absolute Gasteiger partial charge is 0.482 e. The summed E-state index contributed by atoms with van der Waals surface area (Å²) in [7, 11) is 0. The van der Waals surface area contributed by atoms with Gasteiger partial charge >= 0.3 is 6.18 Å². The van der Waals surface area contributed by atoms with Gasteiger partial charge in [-0.2, -0.15) is 13.2 Å². The first kappa shape index (κ1) is 25.7. The van der Waals surface area contributed by atoms with E-state index >= 15 is 0 Å². The number of anilines is 2. The van der Waals surface area contributed by atoms with E-state index in [1.807, 2.05) is 18.2 Å².